The van der Waals surface area contributed by atoms with E-state index >= 15 is 0 Å². The number of alkyl carbamates (subject to hydrolysis) is 1. The van der Waals surface area contributed by atoms with Gasteiger partial charge in [-0.1, -0.05) is 32.4 Å². The molecule has 0 bridgehead atoms. The number of carbonyl (C=O) groups is 4. The number of aliphatic carboxylic acids is 1. The first-order valence-electron chi connectivity index (χ1n) is 24.4. The molecule has 366 valence electrons. The third kappa shape index (κ3) is 12.0. The van der Waals surface area contributed by atoms with Gasteiger partial charge in [-0.15, -0.1) is 0 Å². The molecule has 3 N–H and O–H groups in total. The number of esters is 1. The number of hydrogen-bond donors (Lipinski definition) is 3. The molecule has 3 saturated heterocycles. The Hall–Kier alpha value is -5.03. The van der Waals surface area contributed by atoms with Crippen LogP contribution in [0.2, 0.25) is 0 Å². The van der Waals surface area contributed by atoms with Gasteiger partial charge in [0.05, 0.1) is 36.0 Å². The Morgan fingerprint density at radius 2 is 1.79 bits per heavy atom. The summed E-state index contributed by atoms with van der Waals surface area (Å²) < 4.78 is 19.7. The number of nitrogens with zero attached hydrogens (tertiary/aromatic N) is 6. The molecule has 16 nitrogen and oxygen atoms in total. The van der Waals surface area contributed by atoms with Gasteiger partial charge in [0.15, 0.2) is 0 Å². The zero-order chi connectivity index (χ0) is 48.2. The van der Waals surface area contributed by atoms with E-state index in [-0.39, 0.29) is 25.2 Å². The molecule has 4 aliphatic heterocycles. The molecule has 2 amide bonds. The summed E-state index contributed by atoms with van der Waals surface area (Å²) in [5.74, 6) is -1.76. The van der Waals surface area contributed by atoms with Crippen LogP contribution >= 0.6 is 0 Å². The number of benzene rings is 1. The van der Waals surface area contributed by atoms with Crippen molar-refractivity contribution < 1.29 is 38.5 Å². The third-order valence-electron chi connectivity index (χ3n) is 13.7. The van der Waals surface area contributed by atoms with Crippen molar-refractivity contribution in [2.24, 2.45) is 5.41 Å². The number of carbonyl (C=O) groups excluding carboxylic acids is 3. The van der Waals surface area contributed by atoms with E-state index in [1.54, 1.807) is 27.9 Å². The number of aryl methyl sites for hydroxylation is 1. The van der Waals surface area contributed by atoms with E-state index in [9.17, 15) is 24.3 Å². The minimum atomic E-state index is -1.03. The summed E-state index contributed by atoms with van der Waals surface area (Å²) in [5.41, 5.74) is 10.1. The number of piperazine rings is 1. The van der Waals surface area contributed by atoms with Crippen LogP contribution in [-0.4, -0.2) is 143 Å². The second kappa shape index (κ2) is 21.1. The van der Waals surface area contributed by atoms with E-state index in [1.165, 1.54) is 37.7 Å². The Bertz CT molecular complexity index is 2320. The van der Waals surface area contributed by atoms with Gasteiger partial charge >= 0.3 is 18.0 Å². The molecule has 0 saturated carbocycles. The lowest BCUT2D eigenvalue weighted by atomic mass is 9.84. The molecule has 0 aliphatic carbocycles. The highest BCUT2D eigenvalue weighted by Gasteiger charge is 2.36. The minimum Gasteiger partial charge on any atom is -0.480 e. The number of piperidine rings is 1. The van der Waals surface area contributed by atoms with Gasteiger partial charge in [0.25, 0.3) is 5.91 Å². The summed E-state index contributed by atoms with van der Waals surface area (Å²) in [5, 5.41) is 15.0. The first-order chi connectivity index (χ1) is 31.8. The Balaban J connectivity index is 1.26. The van der Waals surface area contributed by atoms with Crippen LogP contribution in [0, 0.1) is 5.41 Å². The normalized spacial score (nSPS) is 20.8. The Morgan fingerprint density at radius 1 is 1.00 bits per heavy atom. The van der Waals surface area contributed by atoms with Crippen LogP contribution in [0.4, 0.5) is 10.5 Å². The summed E-state index contributed by atoms with van der Waals surface area (Å²) in [6.45, 7) is 22.0. The van der Waals surface area contributed by atoms with E-state index < -0.39 is 41.1 Å². The van der Waals surface area contributed by atoms with Gasteiger partial charge in [0, 0.05) is 94.3 Å². The number of hydrogen-bond acceptors (Lipinski definition) is 12. The van der Waals surface area contributed by atoms with E-state index in [1.807, 2.05) is 13.1 Å². The molecule has 2 aromatic heterocycles. The van der Waals surface area contributed by atoms with Crippen molar-refractivity contribution in [3.63, 3.8) is 0 Å². The monoisotopic (exact) mass is 927 g/mol. The number of fused-ring (bicyclic) bond motifs is 2. The molecular formula is C51H74N8O8. The highest BCUT2D eigenvalue weighted by molar-refractivity contribution is 5.95. The summed E-state index contributed by atoms with van der Waals surface area (Å²) in [4.78, 5) is 63.8. The molecule has 1 aromatic carbocycles. The van der Waals surface area contributed by atoms with Gasteiger partial charge in [-0.2, -0.15) is 0 Å². The smallest absolute Gasteiger partial charge is 0.408 e. The molecular weight excluding hydrogens is 853 g/mol. The predicted octanol–water partition coefficient (Wildman–Crippen LogP) is 6.80. The second-order valence-electron chi connectivity index (χ2n) is 20.7. The van der Waals surface area contributed by atoms with Gasteiger partial charge in [-0.25, -0.2) is 10.2 Å². The van der Waals surface area contributed by atoms with Crippen molar-refractivity contribution in [2.45, 2.75) is 137 Å². The average molecular weight is 927 g/mol. The number of anilines is 1. The maximum atomic E-state index is 14.1. The van der Waals surface area contributed by atoms with Crippen molar-refractivity contribution in [2.75, 3.05) is 71.0 Å². The number of amides is 2. The van der Waals surface area contributed by atoms with Crippen LogP contribution in [0.15, 0.2) is 36.5 Å². The number of methoxy groups -OCH3 is 1. The lowest BCUT2D eigenvalue weighted by Crippen LogP contribution is -2.62. The van der Waals surface area contributed by atoms with Crippen molar-refractivity contribution in [1.82, 2.24) is 35.1 Å². The molecule has 7 rings (SSSR count). The van der Waals surface area contributed by atoms with Crippen molar-refractivity contribution >= 4 is 46.1 Å². The molecule has 3 fully saturated rings. The number of hydrazine groups is 1. The number of ether oxygens (including phenoxy) is 3. The lowest BCUT2D eigenvalue weighted by molar-refractivity contribution is -0.148. The second-order valence-corrected chi connectivity index (χ2v) is 20.7. The predicted molar refractivity (Wildman–Crippen MR) is 260 cm³/mol. The van der Waals surface area contributed by atoms with E-state index in [0.717, 1.165) is 76.3 Å². The number of carboxylic acid groups (broad SMARTS) is 1. The first-order valence-corrected chi connectivity index (χ1v) is 24.4. The van der Waals surface area contributed by atoms with Gasteiger partial charge in [0.1, 0.15) is 17.7 Å². The average Bonchev–Trinajstić information content (AvgIpc) is 3.60. The maximum Gasteiger partial charge on any atom is 0.408 e. The van der Waals surface area contributed by atoms with Gasteiger partial charge in [-0.3, -0.25) is 34.2 Å². The zero-order valence-corrected chi connectivity index (χ0v) is 41.3. The van der Waals surface area contributed by atoms with E-state index in [2.05, 4.69) is 81.1 Å². The molecule has 0 radical (unpaired) electrons. The fraction of sp³-hybridized carbons (Fsp3) is 0.627. The minimum absolute atomic E-state index is 0.194. The van der Waals surface area contributed by atoms with Crippen LogP contribution in [-0.2, 0) is 41.6 Å². The molecule has 0 unspecified atom stereocenters. The first kappa shape index (κ1) is 49.9. The molecule has 0 spiro atoms. The quantitative estimate of drug-likeness (QED) is 0.136. The number of pyridine rings is 1. The maximum absolute atomic E-state index is 14.1. The van der Waals surface area contributed by atoms with Gasteiger partial charge in [0.2, 0.25) is 0 Å². The SMILES string of the molecule is CCn1c(-c2cc(N3CCN4CCCC[C@@H]4C3)cnc2[C@H](C)OC)c(CC(C)(C)COC(C)=O)c2cc(C3=CCCN(C[C@H](NC(=O)OC(C)(C)C)C(=O)N4CCC[C@@H](C(=O)O)N4)C3)ccc21. The highest BCUT2D eigenvalue weighted by atomic mass is 16.6. The topological polar surface area (TPSA) is 171 Å². The summed E-state index contributed by atoms with van der Waals surface area (Å²) in [7, 11) is 1.73. The van der Waals surface area contributed by atoms with Gasteiger partial charge in [-0.05, 0) is 115 Å². The molecule has 6 heterocycles. The van der Waals surface area contributed by atoms with Crippen LogP contribution in [0.1, 0.15) is 117 Å². The summed E-state index contributed by atoms with van der Waals surface area (Å²) in [6.07, 6.45) is 9.28. The molecule has 4 atom stereocenters. The Labute approximate surface area is 396 Å². The molecule has 67 heavy (non-hydrogen) atoms. The number of nitrogens with one attached hydrogen (secondary N) is 2. The number of aromatic nitrogens is 2. The summed E-state index contributed by atoms with van der Waals surface area (Å²) in [6, 6.07) is 7.63. The van der Waals surface area contributed by atoms with Crippen molar-refractivity contribution in [3.8, 4) is 11.3 Å². The lowest BCUT2D eigenvalue weighted by Gasteiger charge is -2.45. The van der Waals surface area contributed by atoms with Crippen LogP contribution < -0.4 is 15.6 Å². The van der Waals surface area contributed by atoms with Gasteiger partial charge < -0.3 is 34.1 Å². The Kier molecular flexibility index (Phi) is 15.7. The van der Waals surface area contributed by atoms with Crippen molar-refractivity contribution in [1.29, 1.82) is 0 Å². The molecule has 16 heteroatoms. The van der Waals surface area contributed by atoms with E-state index in [0.29, 0.717) is 51.5 Å². The molecule has 4 aliphatic rings. The largest absolute Gasteiger partial charge is 0.480 e. The van der Waals surface area contributed by atoms with E-state index in [4.69, 9.17) is 19.2 Å². The van der Waals surface area contributed by atoms with Crippen LogP contribution in [0.3, 0.4) is 0 Å². The molecule has 3 aromatic rings. The van der Waals surface area contributed by atoms with Crippen molar-refractivity contribution in [3.05, 3.63) is 53.4 Å². The zero-order valence-electron chi connectivity index (χ0n) is 41.3. The number of rotatable bonds is 15. The standard InChI is InChI=1S/C51H74N8O8/c1-10-58-44-19-18-35(36-15-13-20-55(29-36)31-43(53-49(64)67-50(4,5)6)47(61)59-22-14-17-42(54-59)48(62)63)25-39(44)41(27-51(7,8)32-66-34(3)60)46(58)40-26-38(28-52-45(40)33(2)65-9)57-24-23-56-21-12-11-16-37(56)30-57/h15,18-19,25-26,28,33,37,42-43,54H,10-14,16-17,20-24,27,29-32H2,1-9H3,(H,53,64)(H,62,63)/t33-,37+,42-,43-/m0/s1. The third-order valence-corrected chi connectivity index (χ3v) is 13.7. The van der Waals surface area contributed by atoms with Crippen LogP contribution in [0.25, 0.3) is 27.7 Å². The highest BCUT2D eigenvalue weighted by Crippen LogP contribution is 2.43. The number of carboxylic acids is 1. The summed E-state index contributed by atoms with van der Waals surface area (Å²) >= 11 is 0. The Morgan fingerprint density at radius 3 is 2.51 bits per heavy atom. The van der Waals surface area contributed by atoms with Crippen LogP contribution in [0.5, 0.6) is 0 Å². The fourth-order valence-electron chi connectivity index (χ4n) is 10.3. The fourth-order valence-corrected chi connectivity index (χ4v) is 10.3.